The summed E-state index contributed by atoms with van der Waals surface area (Å²) in [6, 6.07) is 0. The van der Waals surface area contributed by atoms with Crippen molar-refractivity contribution in [3.05, 3.63) is 11.8 Å². The van der Waals surface area contributed by atoms with Crippen LogP contribution in [0.2, 0.25) is 0 Å². The molecule has 0 aliphatic heterocycles. The zero-order chi connectivity index (χ0) is 7.44. The summed E-state index contributed by atoms with van der Waals surface area (Å²) in [6.45, 7) is 3.98. The van der Waals surface area contributed by atoms with Gasteiger partial charge in [0, 0.05) is 5.70 Å². The van der Waals surface area contributed by atoms with Crippen LogP contribution in [0.15, 0.2) is 11.8 Å². The Hall–Kier alpha value is -0.570. The predicted octanol–water partition coefficient (Wildman–Crippen LogP) is 0.771. The maximum atomic E-state index is 5.51. The lowest BCUT2D eigenvalue weighted by atomic mass is 10.1. The molecule has 0 saturated heterocycles. The highest BCUT2D eigenvalue weighted by atomic mass is 32.1. The van der Waals surface area contributed by atoms with Gasteiger partial charge in [0.2, 0.25) is 0 Å². The lowest BCUT2D eigenvalue weighted by Gasteiger charge is -2.02. The van der Waals surface area contributed by atoms with E-state index < -0.39 is 0 Å². The summed E-state index contributed by atoms with van der Waals surface area (Å²) in [7, 11) is 0. The van der Waals surface area contributed by atoms with E-state index in [1.165, 1.54) is 0 Å². The first-order chi connectivity index (χ1) is 4.04. The Bertz CT molecular complexity index is 138. The van der Waals surface area contributed by atoms with E-state index in [-0.39, 0.29) is 0 Å². The predicted molar refractivity (Wildman–Crippen MR) is 43.9 cm³/mol. The summed E-state index contributed by atoms with van der Waals surface area (Å²) in [5.74, 6) is 0.325. The highest BCUT2D eigenvalue weighted by molar-refractivity contribution is 7.80. The Morgan fingerprint density at radius 1 is 1.44 bits per heavy atom. The first-order valence-corrected chi connectivity index (χ1v) is 3.21. The zero-order valence-corrected chi connectivity index (χ0v) is 6.53. The van der Waals surface area contributed by atoms with Crippen molar-refractivity contribution in [1.82, 2.24) is 0 Å². The molecule has 2 nitrogen and oxygen atoms in total. The SMILES string of the molecule is CC(C)/C(N)=C/C(N)=S. The minimum absolute atomic E-state index is 0.325. The average molecular weight is 144 g/mol. The Morgan fingerprint density at radius 2 is 1.89 bits per heavy atom. The quantitative estimate of drug-likeness (QED) is 0.444. The molecule has 0 aromatic rings. The summed E-state index contributed by atoms with van der Waals surface area (Å²) in [4.78, 5) is 0.348. The van der Waals surface area contributed by atoms with E-state index in [9.17, 15) is 0 Å². The van der Waals surface area contributed by atoms with E-state index >= 15 is 0 Å². The molecule has 0 bridgehead atoms. The monoisotopic (exact) mass is 144 g/mol. The van der Waals surface area contributed by atoms with Gasteiger partial charge in [-0.15, -0.1) is 0 Å². The molecule has 0 saturated carbocycles. The molecule has 0 atom stereocenters. The van der Waals surface area contributed by atoms with Crippen LogP contribution in [-0.4, -0.2) is 4.99 Å². The number of hydrogen-bond acceptors (Lipinski definition) is 2. The molecular formula is C6H12N2S. The molecule has 0 rings (SSSR count). The van der Waals surface area contributed by atoms with Crippen LogP contribution in [0.1, 0.15) is 13.8 Å². The van der Waals surface area contributed by atoms with Gasteiger partial charge in [0.15, 0.2) is 0 Å². The molecular weight excluding hydrogens is 132 g/mol. The molecule has 0 aromatic heterocycles. The van der Waals surface area contributed by atoms with Gasteiger partial charge in [-0.1, -0.05) is 26.1 Å². The van der Waals surface area contributed by atoms with Crippen molar-refractivity contribution in [2.45, 2.75) is 13.8 Å². The van der Waals surface area contributed by atoms with Crippen LogP contribution in [-0.2, 0) is 0 Å². The maximum absolute atomic E-state index is 5.51. The van der Waals surface area contributed by atoms with Crippen LogP contribution in [0.25, 0.3) is 0 Å². The Labute approximate surface area is 60.9 Å². The lowest BCUT2D eigenvalue weighted by Crippen LogP contribution is -2.11. The van der Waals surface area contributed by atoms with Gasteiger partial charge in [0.05, 0.1) is 4.99 Å². The van der Waals surface area contributed by atoms with Crippen molar-refractivity contribution in [3.63, 3.8) is 0 Å². The van der Waals surface area contributed by atoms with Crippen LogP contribution in [0, 0.1) is 5.92 Å². The minimum Gasteiger partial charge on any atom is -0.402 e. The van der Waals surface area contributed by atoms with Gasteiger partial charge in [-0.2, -0.15) is 0 Å². The van der Waals surface area contributed by atoms with E-state index in [4.69, 9.17) is 11.5 Å². The Kier molecular flexibility index (Phi) is 3.24. The molecule has 0 fully saturated rings. The number of nitrogens with two attached hydrogens (primary N) is 2. The molecule has 0 spiro atoms. The van der Waals surface area contributed by atoms with Crippen LogP contribution in [0.5, 0.6) is 0 Å². The van der Waals surface area contributed by atoms with Gasteiger partial charge in [0.1, 0.15) is 0 Å². The Morgan fingerprint density at radius 3 is 2.00 bits per heavy atom. The molecule has 0 aliphatic carbocycles. The third-order valence-corrected chi connectivity index (χ3v) is 1.09. The van der Waals surface area contributed by atoms with Crippen LogP contribution in [0.4, 0.5) is 0 Å². The highest BCUT2D eigenvalue weighted by Gasteiger charge is 1.95. The highest BCUT2D eigenvalue weighted by Crippen LogP contribution is 2.00. The standard InChI is InChI=1S/C6H12N2S/c1-4(2)5(7)3-6(8)9/h3-4H,7H2,1-2H3,(H2,8,9)/b5-3-. The van der Waals surface area contributed by atoms with Crippen LogP contribution < -0.4 is 11.5 Å². The van der Waals surface area contributed by atoms with Gasteiger partial charge in [0.25, 0.3) is 0 Å². The second kappa shape index (κ2) is 3.45. The van der Waals surface area contributed by atoms with E-state index in [1.54, 1.807) is 6.08 Å². The van der Waals surface area contributed by atoms with Crippen molar-refractivity contribution in [2.75, 3.05) is 0 Å². The van der Waals surface area contributed by atoms with Crippen molar-refractivity contribution in [2.24, 2.45) is 17.4 Å². The molecule has 0 amide bonds. The smallest absolute Gasteiger partial charge is 0.0979 e. The topological polar surface area (TPSA) is 52.0 Å². The molecule has 0 radical (unpaired) electrons. The molecule has 0 aliphatic rings. The number of allylic oxidation sites excluding steroid dienone is 1. The van der Waals surface area contributed by atoms with Crippen LogP contribution in [0.3, 0.4) is 0 Å². The molecule has 0 unspecified atom stereocenters. The van der Waals surface area contributed by atoms with E-state index in [0.29, 0.717) is 10.9 Å². The number of thiocarbonyl (C=S) groups is 1. The summed E-state index contributed by atoms with van der Waals surface area (Å²) in [6.07, 6.45) is 1.61. The fourth-order valence-corrected chi connectivity index (χ4v) is 0.467. The van der Waals surface area contributed by atoms with Crippen molar-refractivity contribution in [1.29, 1.82) is 0 Å². The molecule has 0 heterocycles. The minimum atomic E-state index is 0.325. The van der Waals surface area contributed by atoms with Crippen molar-refractivity contribution in [3.8, 4) is 0 Å². The fourth-order valence-electron chi connectivity index (χ4n) is 0.331. The van der Waals surface area contributed by atoms with Gasteiger partial charge in [-0.25, -0.2) is 0 Å². The fraction of sp³-hybridized carbons (Fsp3) is 0.500. The summed E-state index contributed by atoms with van der Waals surface area (Å²) in [5.41, 5.74) is 11.5. The molecule has 52 valence electrons. The van der Waals surface area contributed by atoms with Gasteiger partial charge < -0.3 is 11.5 Å². The summed E-state index contributed by atoms with van der Waals surface area (Å²) >= 11 is 4.61. The largest absolute Gasteiger partial charge is 0.402 e. The number of hydrogen-bond donors (Lipinski definition) is 2. The first-order valence-electron chi connectivity index (χ1n) is 2.80. The van der Waals surface area contributed by atoms with Gasteiger partial charge >= 0.3 is 0 Å². The van der Waals surface area contributed by atoms with Crippen molar-refractivity contribution >= 4 is 17.2 Å². The van der Waals surface area contributed by atoms with Crippen LogP contribution >= 0.6 is 12.2 Å². The maximum Gasteiger partial charge on any atom is 0.0979 e. The second-order valence-electron chi connectivity index (χ2n) is 2.20. The summed E-state index contributed by atoms with van der Waals surface area (Å²) < 4.78 is 0. The zero-order valence-electron chi connectivity index (χ0n) is 5.72. The first kappa shape index (κ1) is 8.43. The Balaban J connectivity index is 4.00. The van der Waals surface area contributed by atoms with Crippen molar-refractivity contribution < 1.29 is 0 Å². The normalized spacial score (nSPS) is 12.1. The van der Waals surface area contributed by atoms with E-state index in [2.05, 4.69) is 12.2 Å². The van der Waals surface area contributed by atoms with Gasteiger partial charge in [-0.3, -0.25) is 0 Å². The van der Waals surface area contributed by atoms with Gasteiger partial charge in [-0.05, 0) is 12.0 Å². The number of rotatable bonds is 2. The average Bonchev–Trinajstić information content (AvgIpc) is 1.63. The lowest BCUT2D eigenvalue weighted by molar-refractivity contribution is 0.758. The third kappa shape index (κ3) is 3.97. The molecule has 0 aromatic carbocycles. The summed E-state index contributed by atoms with van der Waals surface area (Å²) in [5, 5.41) is 0. The van der Waals surface area contributed by atoms with E-state index in [0.717, 1.165) is 5.70 Å². The second-order valence-corrected chi connectivity index (χ2v) is 2.67. The molecule has 9 heavy (non-hydrogen) atoms. The third-order valence-electron chi connectivity index (χ3n) is 0.976. The molecule has 4 N–H and O–H groups in total. The molecule has 3 heteroatoms. The van der Waals surface area contributed by atoms with E-state index in [1.807, 2.05) is 13.8 Å².